The monoisotopic (exact) mass is 460 g/mol. The van der Waals surface area contributed by atoms with Crippen LogP contribution in [0.1, 0.15) is 27.9 Å². The maximum absolute atomic E-state index is 13.0. The van der Waals surface area contributed by atoms with Crippen molar-refractivity contribution in [2.75, 3.05) is 30.6 Å². The van der Waals surface area contributed by atoms with Crippen LogP contribution >= 0.6 is 0 Å². The normalized spacial score (nSPS) is 12.5. The molecule has 0 aliphatic carbocycles. The number of carboxylic acid groups (broad SMARTS) is 1. The van der Waals surface area contributed by atoms with Crippen LogP contribution in [0.25, 0.3) is 0 Å². The first-order chi connectivity index (χ1) is 15.1. The third-order valence-electron chi connectivity index (χ3n) is 5.11. The summed E-state index contributed by atoms with van der Waals surface area (Å²) in [5.41, 5.74) is 2.96. The quantitative estimate of drug-likeness (QED) is 0.524. The van der Waals surface area contributed by atoms with E-state index in [4.69, 9.17) is 4.74 Å². The van der Waals surface area contributed by atoms with Crippen LogP contribution in [0.15, 0.2) is 42.5 Å². The van der Waals surface area contributed by atoms with Crippen LogP contribution in [0.5, 0.6) is 0 Å². The summed E-state index contributed by atoms with van der Waals surface area (Å²) in [4.78, 5) is 38.5. The predicted octanol–water partition coefficient (Wildman–Crippen LogP) is 2.57. The van der Waals surface area contributed by atoms with Gasteiger partial charge in [-0.05, 0) is 49.6 Å². The van der Waals surface area contributed by atoms with E-state index in [1.165, 1.54) is 19.4 Å². The molecule has 0 heterocycles. The molecular weight excluding hydrogens is 432 g/mol. The molecule has 2 atom stereocenters. The average molecular weight is 461 g/mol. The first kappa shape index (κ1) is 25.1. The van der Waals surface area contributed by atoms with E-state index in [-0.39, 0.29) is 24.3 Å². The molecule has 0 fully saturated rings. The number of aryl methyl sites for hydroxylation is 1. The van der Waals surface area contributed by atoms with Crippen LogP contribution in [0.4, 0.5) is 11.4 Å². The molecule has 9 heteroatoms. The number of anilines is 2. The van der Waals surface area contributed by atoms with Gasteiger partial charge in [0.2, 0.25) is 5.91 Å². The standard InChI is InChI=1S/C23H28N2O6S/c1-15-8-7-11-19(16(15)2)25(20-10-6-5-9-17(20)22(27)28)14-21(26)24-18(23(29)31-3)12-13-32(4)30/h5-11,18H,12-14H2,1-4H3,(H,24,26)(H,27,28). The van der Waals surface area contributed by atoms with Gasteiger partial charge in [0.15, 0.2) is 0 Å². The third-order valence-corrected chi connectivity index (χ3v) is 5.92. The number of nitrogens with one attached hydrogen (secondary N) is 1. The minimum atomic E-state index is -1.14. The van der Waals surface area contributed by atoms with Gasteiger partial charge < -0.3 is 20.1 Å². The number of benzene rings is 2. The van der Waals surface area contributed by atoms with Crippen molar-refractivity contribution in [1.29, 1.82) is 0 Å². The highest BCUT2D eigenvalue weighted by atomic mass is 32.2. The Balaban J connectivity index is 2.42. The Labute approximate surface area is 190 Å². The van der Waals surface area contributed by atoms with Gasteiger partial charge in [-0.25, -0.2) is 9.59 Å². The average Bonchev–Trinajstić information content (AvgIpc) is 2.76. The zero-order chi connectivity index (χ0) is 23.8. The van der Waals surface area contributed by atoms with Crippen LogP contribution in [0.2, 0.25) is 0 Å². The highest BCUT2D eigenvalue weighted by Crippen LogP contribution is 2.32. The zero-order valence-electron chi connectivity index (χ0n) is 18.6. The lowest BCUT2D eigenvalue weighted by molar-refractivity contribution is -0.144. The Kier molecular flexibility index (Phi) is 8.95. The Hall–Kier alpha value is -3.20. The lowest BCUT2D eigenvalue weighted by Crippen LogP contribution is -2.46. The molecule has 0 aliphatic heterocycles. The van der Waals surface area contributed by atoms with Gasteiger partial charge in [0, 0.05) is 28.5 Å². The molecular formula is C23H28N2O6S. The van der Waals surface area contributed by atoms with Crippen LogP contribution < -0.4 is 10.2 Å². The van der Waals surface area contributed by atoms with Gasteiger partial charge in [0.1, 0.15) is 12.6 Å². The van der Waals surface area contributed by atoms with E-state index >= 15 is 0 Å². The highest BCUT2D eigenvalue weighted by molar-refractivity contribution is 7.84. The second-order valence-corrected chi connectivity index (χ2v) is 8.89. The van der Waals surface area contributed by atoms with Gasteiger partial charge in [-0.1, -0.05) is 24.3 Å². The SMILES string of the molecule is COC(=O)C(CCS(C)=O)NC(=O)CN(c1ccccc1C(=O)O)c1cccc(C)c1C. The minimum absolute atomic E-state index is 0.0482. The number of hydrogen-bond acceptors (Lipinski definition) is 6. The predicted molar refractivity (Wildman–Crippen MR) is 124 cm³/mol. The van der Waals surface area contributed by atoms with E-state index in [1.54, 1.807) is 23.1 Å². The van der Waals surface area contributed by atoms with Crippen molar-refractivity contribution in [2.24, 2.45) is 0 Å². The third kappa shape index (κ3) is 6.40. The van der Waals surface area contributed by atoms with Crippen LogP contribution in [-0.4, -0.2) is 58.9 Å². The van der Waals surface area contributed by atoms with Crippen molar-refractivity contribution in [2.45, 2.75) is 26.3 Å². The number of aromatic carboxylic acids is 1. The summed E-state index contributed by atoms with van der Waals surface area (Å²) in [7, 11) is 0.0797. The molecule has 0 radical (unpaired) electrons. The molecule has 32 heavy (non-hydrogen) atoms. The topological polar surface area (TPSA) is 113 Å². The van der Waals surface area contributed by atoms with Crippen molar-refractivity contribution < 1.29 is 28.4 Å². The van der Waals surface area contributed by atoms with Gasteiger partial charge >= 0.3 is 11.9 Å². The highest BCUT2D eigenvalue weighted by Gasteiger charge is 2.25. The zero-order valence-corrected chi connectivity index (χ0v) is 19.4. The fraction of sp³-hybridized carbons (Fsp3) is 0.348. The maximum Gasteiger partial charge on any atom is 0.337 e. The number of hydrogen-bond donors (Lipinski definition) is 2. The lowest BCUT2D eigenvalue weighted by Gasteiger charge is -2.28. The van der Waals surface area contributed by atoms with Crippen molar-refractivity contribution in [3.63, 3.8) is 0 Å². The Morgan fingerprint density at radius 3 is 2.38 bits per heavy atom. The number of carbonyl (C=O) groups is 3. The Morgan fingerprint density at radius 2 is 1.75 bits per heavy atom. The Bertz CT molecular complexity index is 1020. The summed E-state index contributed by atoms with van der Waals surface area (Å²) in [6, 6.07) is 11.0. The van der Waals surface area contributed by atoms with Crippen LogP contribution in [0.3, 0.4) is 0 Å². The molecule has 8 nitrogen and oxygen atoms in total. The van der Waals surface area contributed by atoms with E-state index in [0.717, 1.165) is 11.1 Å². The van der Waals surface area contributed by atoms with Crippen LogP contribution in [-0.2, 0) is 25.1 Å². The molecule has 2 rings (SSSR count). The first-order valence-electron chi connectivity index (χ1n) is 9.99. The molecule has 0 aromatic heterocycles. The summed E-state index contributed by atoms with van der Waals surface area (Å²) in [6.07, 6.45) is 1.68. The number of carbonyl (C=O) groups excluding carboxylic acids is 2. The number of esters is 1. The number of methoxy groups -OCH3 is 1. The van der Waals surface area contributed by atoms with E-state index < -0.39 is 34.7 Å². The summed E-state index contributed by atoms with van der Waals surface area (Å²) in [6.45, 7) is 3.60. The number of nitrogens with zero attached hydrogens (tertiary/aromatic N) is 1. The number of amides is 1. The van der Waals surface area contributed by atoms with Crippen LogP contribution in [0, 0.1) is 13.8 Å². The van der Waals surface area contributed by atoms with E-state index in [2.05, 4.69) is 5.32 Å². The summed E-state index contributed by atoms with van der Waals surface area (Å²) >= 11 is 0. The fourth-order valence-electron chi connectivity index (χ4n) is 3.28. The summed E-state index contributed by atoms with van der Waals surface area (Å²) < 4.78 is 16.2. The molecule has 0 spiro atoms. The summed E-state index contributed by atoms with van der Waals surface area (Å²) in [5.74, 6) is -2.02. The molecule has 0 saturated heterocycles. The minimum Gasteiger partial charge on any atom is -0.478 e. The number of carboxylic acids is 1. The second-order valence-electron chi connectivity index (χ2n) is 7.34. The van der Waals surface area contributed by atoms with Gasteiger partial charge in [0.05, 0.1) is 18.4 Å². The molecule has 0 aliphatic rings. The Morgan fingerprint density at radius 1 is 1.09 bits per heavy atom. The molecule has 0 saturated carbocycles. The molecule has 2 N–H and O–H groups in total. The van der Waals surface area contributed by atoms with Gasteiger partial charge in [0.25, 0.3) is 0 Å². The molecule has 172 valence electrons. The van der Waals surface area contributed by atoms with Crippen molar-refractivity contribution in [1.82, 2.24) is 5.32 Å². The molecule has 0 bridgehead atoms. The van der Waals surface area contributed by atoms with Gasteiger partial charge in [-0.2, -0.15) is 0 Å². The van der Waals surface area contributed by atoms with Crippen molar-refractivity contribution in [3.8, 4) is 0 Å². The van der Waals surface area contributed by atoms with Crippen molar-refractivity contribution in [3.05, 3.63) is 59.2 Å². The van der Waals surface area contributed by atoms with E-state index in [9.17, 15) is 23.7 Å². The number of ether oxygens (including phenoxy) is 1. The molecule has 2 aromatic carbocycles. The van der Waals surface area contributed by atoms with Gasteiger partial charge in [-0.15, -0.1) is 0 Å². The molecule has 2 unspecified atom stereocenters. The van der Waals surface area contributed by atoms with Gasteiger partial charge in [-0.3, -0.25) is 9.00 Å². The van der Waals surface area contributed by atoms with E-state index in [0.29, 0.717) is 11.4 Å². The largest absolute Gasteiger partial charge is 0.478 e. The van der Waals surface area contributed by atoms with E-state index in [1.807, 2.05) is 32.0 Å². The number of rotatable bonds is 10. The first-order valence-corrected chi connectivity index (χ1v) is 11.7. The fourth-order valence-corrected chi connectivity index (χ4v) is 3.84. The summed E-state index contributed by atoms with van der Waals surface area (Å²) in [5, 5.41) is 12.3. The van der Waals surface area contributed by atoms with Crippen molar-refractivity contribution >= 4 is 40.0 Å². The molecule has 2 aromatic rings. The second kappa shape index (κ2) is 11.4. The lowest BCUT2D eigenvalue weighted by atomic mass is 10.0. The molecule has 1 amide bonds. The number of para-hydroxylation sites is 1. The smallest absolute Gasteiger partial charge is 0.337 e. The maximum atomic E-state index is 13.0.